The van der Waals surface area contributed by atoms with Gasteiger partial charge in [0.25, 0.3) is 0 Å². The first kappa shape index (κ1) is 10.0. The molecule has 1 atom stereocenters. The van der Waals surface area contributed by atoms with Crippen molar-refractivity contribution < 1.29 is 4.21 Å². The van der Waals surface area contributed by atoms with E-state index in [1.165, 1.54) is 0 Å². The van der Waals surface area contributed by atoms with Crippen LogP contribution >= 0.6 is 0 Å². The number of rotatable bonds is 1. The Morgan fingerprint density at radius 2 is 1.60 bits per heavy atom. The molecule has 0 aliphatic heterocycles. The summed E-state index contributed by atoms with van der Waals surface area (Å²) >= 11 is 0. The van der Waals surface area contributed by atoms with Gasteiger partial charge in [0.1, 0.15) is 0 Å². The number of hydrogen-bond acceptors (Lipinski definition) is 1. The molecule has 0 aromatic heterocycles. The smallest absolute Gasteiger partial charge is 0.0301 e. The minimum atomic E-state index is -1.91. The predicted molar refractivity (Wildman–Crippen MR) is 50.2 cm³/mol. The second-order valence-electron chi connectivity index (χ2n) is 3.89. The molecule has 2 heteroatoms. The molecule has 10 heavy (non-hydrogen) atoms. The zero-order valence-corrected chi connectivity index (χ0v) is 8.42. The number of hydrogen-bond donors (Lipinski definition) is 0. The maximum Gasteiger partial charge on any atom is 0.0301 e. The van der Waals surface area contributed by atoms with Gasteiger partial charge < -0.3 is 0 Å². The van der Waals surface area contributed by atoms with Gasteiger partial charge in [0.05, 0.1) is 0 Å². The zero-order valence-electron chi connectivity index (χ0n) is 7.60. The molecule has 0 bridgehead atoms. The highest BCUT2D eigenvalue weighted by molar-refractivity contribution is 8.02. The van der Waals surface area contributed by atoms with Crippen molar-refractivity contribution >= 4 is 15.4 Å². The standard InChI is InChI=1S/C8H18OS/c1-7(2)10(6,9)8(3,4)5/h7H,6H2,1-5H3. The lowest BCUT2D eigenvalue weighted by atomic mass is 10.3. The van der Waals surface area contributed by atoms with E-state index in [0.29, 0.717) is 0 Å². The monoisotopic (exact) mass is 162 g/mol. The van der Waals surface area contributed by atoms with Gasteiger partial charge in [-0.1, -0.05) is 13.8 Å². The van der Waals surface area contributed by atoms with E-state index in [4.69, 9.17) is 0 Å². The van der Waals surface area contributed by atoms with E-state index in [1.54, 1.807) is 0 Å². The summed E-state index contributed by atoms with van der Waals surface area (Å²) in [5.41, 5.74) is 0. The second-order valence-corrected chi connectivity index (χ2v) is 7.51. The Labute approximate surface area is 64.8 Å². The molecule has 1 unspecified atom stereocenters. The van der Waals surface area contributed by atoms with Gasteiger partial charge in [0.15, 0.2) is 0 Å². The summed E-state index contributed by atoms with van der Waals surface area (Å²) in [6.07, 6.45) is 0. The molecule has 0 saturated carbocycles. The molecule has 0 heterocycles. The highest BCUT2D eigenvalue weighted by atomic mass is 32.2. The van der Waals surface area contributed by atoms with Crippen molar-refractivity contribution in [3.63, 3.8) is 0 Å². The lowest BCUT2D eigenvalue weighted by Gasteiger charge is -2.27. The largest absolute Gasteiger partial charge is 0.267 e. The van der Waals surface area contributed by atoms with Crippen LogP contribution in [0.1, 0.15) is 34.6 Å². The maximum absolute atomic E-state index is 11.8. The van der Waals surface area contributed by atoms with Crippen LogP contribution in [-0.2, 0) is 9.52 Å². The van der Waals surface area contributed by atoms with E-state index in [2.05, 4.69) is 5.87 Å². The average Bonchev–Trinajstić information content (AvgIpc) is 1.62. The fourth-order valence-electron chi connectivity index (χ4n) is 0.707. The van der Waals surface area contributed by atoms with Crippen LogP contribution in [0.5, 0.6) is 0 Å². The maximum atomic E-state index is 11.8. The van der Waals surface area contributed by atoms with E-state index in [1.807, 2.05) is 34.6 Å². The summed E-state index contributed by atoms with van der Waals surface area (Å²) < 4.78 is 11.6. The normalized spacial score (nSPS) is 19.0. The fourth-order valence-corrected chi connectivity index (χ4v) is 2.12. The van der Waals surface area contributed by atoms with Gasteiger partial charge in [0, 0.05) is 10.00 Å². The third kappa shape index (κ3) is 1.75. The van der Waals surface area contributed by atoms with Crippen molar-refractivity contribution in [2.24, 2.45) is 0 Å². The third-order valence-corrected chi connectivity index (χ3v) is 5.39. The van der Waals surface area contributed by atoms with Crippen LogP contribution in [0.4, 0.5) is 0 Å². The minimum absolute atomic E-state index is 0.166. The van der Waals surface area contributed by atoms with Gasteiger partial charge in [-0.2, -0.15) is 0 Å². The first-order valence-electron chi connectivity index (χ1n) is 3.55. The Balaban J connectivity index is 4.79. The Hall–Kier alpha value is 0.0200. The lowest BCUT2D eigenvalue weighted by Crippen LogP contribution is -2.33. The van der Waals surface area contributed by atoms with Crippen LogP contribution in [0.15, 0.2) is 0 Å². The molecule has 0 amide bonds. The molecule has 0 aromatic rings. The molecule has 0 radical (unpaired) electrons. The van der Waals surface area contributed by atoms with Crippen molar-refractivity contribution in [2.45, 2.75) is 44.6 Å². The molecule has 0 N–H and O–H groups in total. The molecule has 1 nitrogen and oxygen atoms in total. The van der Waals surface area contributed by atoms with Crippen LogP contribution in [0.3, 0.4) is 0 Å². The Bertz CT molecular complexity index is 192. The van der Waals surface area contributed by atoms with Crippen LogP contribution in [0.2, 0.25) is 0 Å². The third-order valence-electron chi connectivity index (χ3n) is 1.80. The van der Waals surface area contributed by atoms with Crippen molar-refractivity contribution in [1.29, 1.82) is 0 Å². The van der Waals surface area contributed by atoms with Gasteiger partial charge in [-0.15, -0.1) is 0 Å². The van der Waals surface area contributed by atoms with E-state index in [9.17, 15) is 4.21 Å². The van der Waals surface area contributed by atoms with Crippen LogP contribution < -0.4 is 0 Å². The quantitative estimate of drug-likeness (QED) is 0.538. The van der Waals surface area contributed by atoms with Gasteiger partial charge in [-0.05, 0) is 36.2 Å². The van der Waals surface area contributed by atoms with Crippen molar-refractivity contribution in [1.82, 2.24) is 0 Å². The summed E-state index contributed by atoms with van der Waals surface area (Å²) in [5, 5.41) is 0.174. The van der Waals surface area contributed by atoms with E-state index in [-0.39, 0.29) is 10.00 Å². The molecule has 0 spiro atoms. The summed E-state index contributed by atoms with van der Waals surface area (Å²) in [5.74, 6) is 3.77. The van der Waals surface area contributed by atoms with E-state index in [0.717, 1.165) is 0 Å². The SMILES string of the molecule is C=S(=O)(C(C)C)C(C)(C)C. The van der Waals surface area contributed by atoms with Gasteiger partial charge in [0.2, 0.25) is 0 Å². The van der Waals surface area contributed by atoms with Gasteiger partial charge in [-0.25, -0.2) is 0 Å². The summed E-state index contributed by atoms with van der Waals surface area (Å²) in [6, 6.07) is 0. The van der Waals surface area contributed by atoms with E-state index < -0.39 is 9.52 Å². The Morgan fingerprint density at radius 1 is 1.30 bits per heavy atom. The predicted octanol–water partition coefficient (Wildman–Crippen LogP) is 1.91. The topological polar surface area (TPSA) is 17.1 Å². The van der Waals surface area contributed by atoms with Crippen LogP contribution in [0, 0.1) is 0 Å². The van der Waals surface area contributed by atoms with Gasteiger partial charge in [-0.3, -0.25) is 4.21 Å². The van der Waals surface area contributed by atoms with Crippen LogP contribution in [0.25, 0.3) is 0 Å². The zero-order chi connectivity index (χ0) is 8.58. The average molecular weight is 162 g/mol. The van der Waals surface area contributed by atoms with Crippen molar-refractivity contribution in [2.75, 3.05) is 0 Å². The minimum Gasteiger partial charge on any atom is -0.267 e. The highest BCUT2D eigenvalue weighted by Gasteiger charge is 2.25. The first-order valence-corrected chi connectivity index (χ1v) is 5.34. The second kappa shape index (κ2) is 2.57. The van der Waals surface area contributed by atoms with Crippen molar-refractivity contribution in [3.05, 3.63) is 0 Å². The molecular weight excluding hydrogens is 144 g/mol. The lowest BCUT2D eigenvalue weighted by molar-refractivity contribution is 0.638. The fraction of sp³-hybridized carbons (Fsp3) is 0.875. The Morgan fingerprint density at radius 3 is 1.60 bits per heavy atom. The molecule has 0 fully saturated rings. The summed E-state index contributed by atoms with van der Waals surface area (Å²) in [6.45, 7) is 9.84. The summed E-state index contributed by atoms with van der Waals surface area (Å²) in [7, 11) is -1.91. The highest BCUT2D eigenvalue weighted by Crippen LogP contribution is 2.19. The molecule has 62 valence electrons. The first-order chi connectivity index (χ1) is 4.19. The molecule has 0 saturated heterocycles. The van der Waals surface area contributed by atoms with Gasteiger partial charge >= 0.3 is 0 Å². The van der Waals surface area contributed by atoms with Crippen LogP contribution in [-0.4, -0.2) is 20.1 Å². The van der Waals surface area contributed by atoms with E-state index >= 15 is 0 Å². The summed E-state index contributed by atoms with van der Waals surface area (Å²) in [4.78, 5) is 0. The molecule has 0 rings (SSSR count). The molecule has 0 aromatic carbocycles. The molecule has 0 aliphatic carbocycles. The Kier molecular flexibility index (Phi) is 2.58. The van der Waals surface area contributed by atoms with Crippen molar-refractivity contribution in [3.8, 4) is 0 Å². The molecular formula is C8H18OS. The molecule has 0 aliphatic rings.